The van der Waals surface area contributed by atoms with Crippen LogP contribution in [0.15, 0.2) is 73.6 Å². The van der Waals surface area contributed by atoms with Crippen LogP contribution in [-0.2, 0) is 27.7 Å². The van der Waals surface area contributed by atoms with Crippen LogP contribution in [0.2, 0.25) is 0 Å². The molecule has 1 aromatic carbocycles. The lowest BCUT2D eigenvalue weighted by Gasteiger charge is -2.36. The van der Waals surface area contributed by atoms with E-state index < -0.39 is 6.10 Å². The molecule has 0 amide bonds. The Balaban J connectivity index is 1.93. The van der Waals surface area contributed by atoms with Gasteiger partial charge in [-0.15, -0.1) is 19.7 Å². The number of rotatable bonds is 14. The first-order valence-corrected chi connectivity index (χ1v) is 12.3. The number of benzene rings is 1. The zero-order valence-corrected chi connectivity index (χ0v) is 21.0. The van der Waals surface area contributed by atoms with Gasteiger partial charge in [-0.3, -0.25) is 0 Å². The maximum absolute atomic E-state index is 9.77. The quantitative estimate of drug-likeness (QED) is 0.271. The van der Waals surface area contributed by atoms with Crippen molar-refractivity contribution in [3.63, 3.8) is 0 Å². The molecule has 1 aliphatic heterocycles. The first kappa shape index (κ1) is 26.1. The first-order valence-electron chi connectivity index (χ1n) is 12.3. The van der Waals surface area contributed by atoms with E-state index in [9.17, 15) is 5.11 Å². The van der Waals surface area contributed by atoms with Crippen molar-refractivity contribution in [3.05, 3.63) is 90.3 Å². The highest BCUT2D eigenvalue weighted by Gasteiger charge is 2.34. The number of epoxide rings is 1. The molecule has 1 heterocycles. The summed E-state index contributed by atoms with van der Waals surface area (Å²) in [4.78, 5) is 0. The van der Waals surface area contributed by atoms with E-state index in [2.05, 4.69) is 57.9 Å². The first-order chi connectivity index (χ1) is 16.3. The van der Waals surface area contributed by atoms with Crippen molar-refractivity contribution in [2.45, 2.75) is 64.1 Å². The molecule has 1 aromatic rings. The van der Waals surface area contributed by atoms with E-state index in [1.807, 2.05) is 18.2 Å². The second-order valence-corrected chi connectivity index (χ2v) is 9.85. The number of hydrogen-bond donors (Lipinski definition) is 1. The van der Waals surface area contributed by atoms with Gasteiger partial charge in [-0.2, -0.15) is 0 Å². The van der Waals surface area contributed by atoms with Crippen LogP contribution in [0.3, 0.4) is 0 Å². The van der Waals surface area contributed by atoms with Crippen LogP contribution in [-0.4, -0.2) is 37.1 Å². The summed E-state index contributed by atoms with van der Waals surface area (Å²) in [7, 11) is 0. The molecule has 1 N–H and O–H groups in total. The SMILES string of the molecule is C=CCC1=CC(C(C)(C)c2cc(CC=C)c(OCC(C)O)c(CC=C)c2)CC=C1OC[C@@H]1CO1. The lowest BCUT2D eigenvalue weighted by molar-refractivity contribution is 0.121. The smallest absolute Gasteiger partial charge is 0.126 e. The molecule has 184 valence electrons. The van der Waals surface area contributed by atoms with E-state index >= 15 is 0 Å². The van der Waals surface area contributed by atoms with Crippen LogP contribution >= 0.6 is 0 Å². The molecule has 4 heteroatoms. The Kier molecular flexibility index (Phi) is 8.98. The van der Waals surface area contributed by atoms with E-state index in [1.165, 1.54) is 11.1 Å². The van der Waals surface area contributed by atoms with Crippen LogP contribution in [0.1, 0.15) is 50.3 Å². The lowest BCUT2D eigenvalue weighted by atomic mass is 9.69. The molecule has 0 bridgehead atoms. The molecule has 1 aliphatic carbocycles. The van der Waals surface area contributed by atoms with Crippen molar-refractivity contribution in [2.24, 2.45) is 5.92 Å². The summed E-state index contributed by atoms with van der Waals surface area (Å²) in [6.45, 7) is 19.8. The van der Waals surface area contributed by atoms with Gasteiger partial charge >= 0.3 is 0 Å². The predicted octanol–water partition coefficient (Wildman–Crippen LogP) is 6.00. The summed E-state index contributed by atoms with van der Waals surface area (Å²) in [5.41, 5.74) is 4.51. The van der Waals surface area contributed by atoms with Gasteiger partial charge in [0, 0.05) is 0 Å². The summed E-state index contributed by atoms with van der Waals surface area (Å²) < 4.78 is 17.4. The zero-order valence-electron chi connectivity index (χ0n) is 21.0. The molecule has 0 spiro atoms. The Morgan fingerprint density at radius 1 is 1.09 bits per heavy atom. The minimum absolute atomic E-state index is 0.122. The van der Waals surface area contributed by atoms with Gasteiger partial charge in [-0.25, -0.2) is 0 Å². The fourth-order valence-electron chi connectivity index (χ4n) is 4.43. The maximum atomic E-state index is 9.77. The molecule has 0 radical (unpaired) electrons. The van der Waals surface area contributed by atoms with Gasteiger partial charge < -0.3 is 19.3 Å². The van der Waals surface area contributed by atoms with Gasteiger partial charge in [0.15, 0.2) is 0 Å². The van der Waals surface area contributed by atoms with Crippen LogP contribution in [0.5, 0.6) is 5.75 Å². The minimum atomic E-state index is -0.533. The molecule has 2 aliphatic rings. The van der Waals surface area contributed by atoms with Crippen molar-refractivity contribution in [3.8, 4) is 5.75 Å². The molecule has 0 aromatic heterocycles. The summed E-state index contributed by atoms with van der Waals surface area (Å²) in [6.07, 6.45) is 13.1. The van der Waals surface area contributed by atoms with Gasteiger partial charge in [-0.1, -0.05) is 50.3 Å². The Hall–Kier alpha value is -2.56. The molecular weight excluding hydrogens is 424 g/mol. The predicted molar refractivity (Wildman–Crippen MR) is 139 cm³/mol. The van der Waals surface area contributed by atoms with Gasteiger partial charge in [-0.05, 0) is 72.3 Å². The number of aliphatic hydroxyl groups excluding tert-OH is 1. The average Bonchev–Trinajstić information content (AvgIpc) is 3.62. The third-order valence-corrected chi connectivity index (χ3v) is 6.58. The van der Waals surface area contributed by atoms with E-state index in [0.717, 1.165) is 42.1 Å². The summed E-state index contributed by atoms with van der Waals surface area (Å²) in [5.74, 6) is 2.11. The third-order valence-electron chi connectivity index (χ3n) is 6.58. The molecule has 3 rings (SSSR count). The summed E-state index contributed by atoms with van der Waals surface area (Å²) in [6, 6.07) is 4.49. The second kappa shape index (κ2) is 11.7. The number of hydrogen-bond acceptors (Lipinski definition) is 4. The molecule has 4 nitrogen and oxygen atoms in total. The van der Waals surface area contributed by atoms with E-state index in [1.54, 1.807) is 6.92 Å². The van der Waals surface area contributed by atoms with Crippen molar-refractivity contribution in [1.29, 1.82) is 0 Å². The highest BCUT2D eigenvalue weighted by molar-refractivity contribution is 5.49. The third kappa shape index (κ3) is 6.52. The molecular formula is C30H40O4. The fourth-order valence-corrected chi connectivity index (χ4v) is 4.43. The Labute approximate surface area is 205 Å². The maximum Gasteiger partial charge on any atom is 0.126 e. The average molecular weight is 465 g/mol. The van der Waals surface area contributed by atoms with Crippen molar-refractivity contribution >= 4 is 0 Å². The van der Waals surface area contributed by atoms with E-state index in [4.69, 9.17) is 14.2 Å². The summed E-state index contributed by atoms with van der Waals surface area (Å²) in [5, 5.41) is 9.77. The highest BCUT2D eigenvalue weighted by Crippen LogP contribution is 2.42. The molecule has 34 heavy (non-hydrogen) atoms. The van der Waals surface area contributed by atoms with E-state index in [0.29, 0.717) is 25.4 Å². The van der Waals surface area contributed by atoms with Gasteiger partial charge in [0.2, 0.25) is 0 Å². The Morgan fingerprint density at radius 2 is 1.71 bits per heavy atom. The second-order valence-electron chi connectivity index (χ2n) is 9.85. The molecule has 2 unspecified atom stereocenters. The normalized spacial score (nSPS) is 20.6. The Morgan fingerprint density at radius 3 is 2.24 bits per heavy atom. The number of allylic oxidation sites excluding steroid dienone is 6. The highest BCUT2D eigenvalue weighted by atomic mass is 16.6. The minimum Gasteiger partial charge on any atom is -0.491 e. The summed E-state index contributed by atoms with van der Waals surface area (Å²) >= 11 is 0. The molecule has 1 saturated heterocycles. The van der Waals surface area contributed by atoms with Crippen molar-refractivity contribution < 1.29 is 19.3 Å². The van der Waals surface area contributed by atoms with Crippen molar-refractivity contribution in [2.75, 3.05) is 19.8 Å². The standard InChI is InChI=1S/C30H40O4/c1-7-10-22-15-25(13-14-28(22)33-20-27-19-32-27)30(5,6)26-16-23(11-8-2)29(34-18-21(4)31)24(17-26)12-9-3/h7-9,14-17,21,25,27,31H,1-3,10-13,18-20H2,4-6H3/t21?,25?,27-/m0/s1. The molecule has 1 fully saturated rings. The van der Waals surface area contributed by atoms with Gasteiger partial charge in [0.05, 0.1) is 12.7 Å². The van der Waals surface area contributed by atoms with E-state index in [-0.39, 0.29) is 18.1 Å². The van der Waals surface area contributed by atoms with Gasteiger partial charge in [0.1, 0.15) is 30.8 Å². The monoisotopic (exact) mass is 464 g/mol. The van der Waals surface area contributed by atoms with Crippen LogP contribution < -0.4 is 4.74 Å². The van der Waals surface area contributed by atoms with Crippen LogP contribution in [0.25, 0.3) is 0 Å². The van der Waals surface area contributed by atoms with Crippen LogP contribution in [0.4, 0.5) is 0 Å². The molecule has 0 saturated carbocycles. The number of aliphatic hydroxyl groups is 1. The fraction of sp³-hybridized carbons (Fsp3) is 0.467. The Bertz CT molecular complexity index is 916. The van der Waals surface area contributed by atoms with Crippen LogP contribution in [0, 0.1) is 5.92 Å². The zero-order chi connectivity index (χ0) is 24.7. The van der Waals surface area contributed by atoms with Gasteiger partial charge in [0.25, 0.3) is 0 Å². The van der Waals surface area contributed by atoms with Crippen molar-refractivity contribution in [1.82, 2.24) is 0 Å². The lowest BCUT2D eigenvalue weighted by Crippen LogP contribution is -2.29. The largest absolute Gasteiger partial charge is 0.491 e. The molecule has 3 atom stereocenters. The number of ether oxygens (including phenoxy) is 3. The topological polar surface area (TPSA) is 51.2 Å².